The summed E-state index contributed by atoms with van der Waals surface area (Å²) < 4.78 is 91.9. The normalized spacial score (nSPS) is 13.0. The Morgan fingerprint density at radius 2 is 1.79 bits per heavy atom. The second-order valence-electron chi connectivity index (χ2n) is 6.17. The lowest BCUT2D eigenvalue weighted by Gasteiger charge is -2.23. The van der Waals surface area contributed by atoms with Gasteiger partial charge in [-0.3, -0.25) is 9.63 Å². The summed E-state index contributed by atoms with van der Waals surface area (Å²) in [5.41, 5.74) is -8.32. The van der Waals surface area contributed by atoms with E-state index >= 15 is 0 Å². The van der Waals surface area contributed by atoms with Crippen LogP contribution in [0.5, 0.6) is 0 Å². The summed E-state index contributed by atoms with van der Waals surface area (Å²) in [6, 6.07) is 2.16. The first-order chi connectivity index (χ1) is 15.1. The van der Waals surface area contributed by atoms with E-state index in [1.807, 2.05) is 0 Å². The largest absolute Gasteiger partial charge is 0.476 e. The maximum atomic E-state index is 13.3. The molecule has 180 valence electrons. The number of aromatic nitrogens is 2. The molecule has 0 aliphatic rings. The number of hydrogen-bond donors (Lipinski definition) is 0. The number of hydrogen-bond acceptors (Lipinski definition) is 5. The van der Waals surface area contributed by atoms with Crippen LogP contribution >= 0.6 is 23.2 Å². The fourth-order valence-electron chi connectivity index (χ4n) is 2.50. The topological polar surface area (TPSA) is 88.2 Å². The first kappa shape index (κ1) is 26.9. The highest BCUT2D eigenvalue weighted by Gasteiger charge is 2.45. The highest BCUT2D eigenvalue weighted by molar-refractivity contribution is 7.86. The molecule has 1 aromatic heterocycles. The zero-order chi connectivity index (χ0) is 25.3. The van der Waals surface area contributed by atoms with E-state index in [2.05, 4.69) is 5.10 Å². The molecule has 1 aromatic carbocycles. The summed E-state index contributed by atoms with van der Waals surface area (Å²) in [5, 5.41) is 11.7. The van der Waals surface area contributed by atoms with Crippen molar-refractivity contribution in [2.45, 2.75) is 36.8 Å². The maximum Gasteiger partial charge on any atom is 0.476 e. The van der Waals surface area contributed by atoms with Gasteiger partial charge < -0.3 is 0 Å². The van der Waals surface area contributed by atoms with Crippen LogP contribution in [-0.2, 0) is 26.6 Å². The van der Waals surface area contributed by atoms with Crippen LogP contribution in [-0.4, -0.2) is 32.0 Å². The number of amides is 1. The van der Waals surface area contributed by atoms with Crippen molar-refractivity contribution in [2.24, 2.45) is 0 Å². The Morgan fingerprint density at radius 3 is 2.18 bits per heavy atom. The lowest BCUT2D eigenvalue weighted by molar-refractivity contribution is -0.137. The van der Waals surface area contributed by atoms with Crippen LogP contribution in [0.1, 0.15) is 31.5 Å². The highest BCUT2D eigenvalue weighted by atomic mass is 35.5. The van der Waals surface area contributed by atoms with Gasteiger partial charge >= 0.3 is 11.7 Å². The average Bonchev–Trinajstić information content (AvgIpc) is 3.04. The SMILES string of the molecule is CCCON(C(C)=O)c1c(S(=O)C(F)(F)F)c(C#N)nn1-c1c(Cl)cc(C(F)(F)F)cc1Cl. The molecule has 0 bridgehead atoms. The summed E-state index contributed by atoms with van der Waals surface area (Å²) >= 11 is 11.9. The number of benzene rings is 1. The van der Waals surface area contributed by atoms with Gasteiger partial charge in [0, 0.05) is 6.92 Å². The fourth-order valence-corrected chi connectivity index (χ4v) is 3.98. The number of halogens is 8. The van der Waals surface area contributed by atoms with Crippen molar-refractivity contribution in [2.75, 3.05) is 11.7 Å². The monoisotopic (exact) mass is 536 g/mol. The predicted molar refractivity (Wildman–Crippen MR) is 105 cm³/mol. The van der Waals surface area contributed by atoms with Gasteiger partial charge in [0.25, 0.3) is 0 Å². The predicted octanol–water partition coefficient (Wildman–Crippen LogP) is 5.39. The molecule has 1 heterocycles. The first-order valence-electron chi connectivity index (χ1n) is 8.67. The smallest absolute Gasteiger partial charge is 0.272 e. The molecule has 16 heteroatoms. The van der Waals surface area contributed by atoms with Crippen molar-refractivity contribution in [3.8, 4) is 11.8 Å². The summed E-state index contributed by atoms with van der Waals surface area (Å²) in [5.74, 6) is -1.97. The molecule has 0 saturated heterocycles. The number of hydroxylamine groups is 1. The van der Waals surface area contributed by atoms with Crippen LogP contribution in [0, 0.1) is 11.3 Å². The number of alkyl halides is 6. The van der Waals surface area contributed by atoms with Crippen molar-refractivity contribution in [3.63, 3.8) is 0 Å². The summed E-state index contributed by atoms with van der Waals surface area (Å²) in [6.07, 6.45) is -4.59. The third-order valence-corrected chi connectivity index (χ3v) is 5.52. The zero-order valence-electron chi connectivity index (χ0n) is 16.5. The van der Waals surface area contributed by atoms with Gasteiger partial charge in [-0.05, 0) is 18.6 Å². The number of nitriles is 1. The quantitative estimate of drug-likeness (QED) is 0.364. The average molecular weight is 537 g/mol. The van der Waals surface area contributed by atoms with Gasteiger partial charge in [0.15, 0.2) is 22.3 Å². The molecule has 2 aromatic rings. The van der Waals surface area contributed by atoms with E-state index in [0.29, 0.717) is 21.9 Å². The molecule has 33 heavy (non-hydrogen) atoms. The first-order valence-corrected chi connectivity index (χ1v) is 10.6. The van der Waals surface area contributed by atoms with Crippen molar-refractivity contribution in [1.82, 2.24) is 9.78 Å². The molecular formula is C17H12Cl2F6N4O3S. The minimum Gasteiger partial charge on any atom is -0.272 e. The van der Waals surface area contributed by atoms with Gasteiger partial charge in [0.05, 0.1) is 22.2 Å². The van der Waals surface area contributed by atoms with Crippen LogP contribution in [0.4, 0.5) is 32.2 Å². The van der Waals surface area contributed by atoms with Gasteiger partial charge in [-0.1, -0.05) is 30.1 Å². The Labute approximate surface area is 194 Å². The van der Waals surface area contributed by atoms with Gasteiger partial charge in [0.1, 0.15) is 16.7 Å². The molecule has 0 radical (unpaired) electrons. The molecule has 1 amide bonds. The van der Waals surface area contributed by atoms with Crippen LogP contribution in [0.15, 0.2) is 17.0 Å². The highest BCUT2D eigenvalue weighted by Crippen LogP contribution is 2.42. The molecule has 0 N–H and O–H groups in total. The van der Waals surface area contributed by atoms with E-state index in [9.17, 15) is 40.6 Å². The number of carbonyl (C=O) groups excluding carboxylic acids is 1. The molecule has 0 spiro atoms. The van der Waals surface area contributed by atoms with Crippen molar-refractivity contribution in [1.29, 1.82) is 5.26 Å². The van der Waals surface area contributed by atoms with Gasteiger partial charge in [-0.15, -0.1) is 0 Å². The van der Waals surface area contributed by atoms with Crippen LogP contribution in [0.3, 0.4) is 0 Å². The van der Waals surface area contributed by atoms with Gasteiger partial charge in [0.2, 0.25) is 5.91 Å². The summed E-state index contributed by atoms with van der Waals surface area (Å²) in [7, 11) is -3.90. The molecule has 0 aliphatic heterocycles. The van der Waals surface area contributed by atoms with Crippen molar-refractivity contribution in [3.05, 3.63) is 33.4 Å². The molecule has 1 unspecified atom stereocenters. The van der Waals surface area contributed by atoms with Crippen LogP contribution in [0.25, 0.3) is 5.69 Å². The third kappa shape index (κ3) is 5.60. The number of nitrogens with zero attached hydrogens (tertiary/aromatic N) is 4. The second-order valence-corrected chi connectivity index (χ2v) is 8.40. The fraction of sp³-hybridized carbons (Fsp3) is 0.353. The number of carbonyl (C=O) groups is 1. The van der Waals surface area contributed by atoms with E-state index in [4.69, 9.17) is 28.0 Å². The van der Waals surface area contributed by atoms with Crippen LogP contribution < -0.4 is 5.06 Å². The third-order valence-electron chi connectivity index (χ3n) is 3.78. The minimum absolute atomic E-state index is 0.209. The van der Waals surface area contributed by atoms with Crippen molar-refractivity contribution < 1.29 is 40.2 Å². The van der Waals surface area contributed by atoms with Gasteiger partial charge in [-0.2, -0.15) is 41.8 Å². The molecule has 0 aliphatic carbocycles. The Morgan fingerprint density at radius 1 is 1.24 bits per heavy atom. The lowest BCUT2D eigenvalue weighted by Crippen LogP contribution is -2.33. The lowest BCUT2D eigenvalue weighted by atomic mass is 10.2. The minimum atomic E-state index is -5.39. The van der Waals surface area contributed by atoms with E-state index in [1.54, 1.807) is 6.92 Å². The van der Waals surface area contributed by atoms with E-state index < -0.39 is 66.1 Å². The van der Waals surface area contributed by atoms with E-state index in [1.165, 1.54) is 6.07 Å². The molecule has 2 rings (SSSR count). The van der Waals surface area contributed by atoms with Crippen LogP contribution in [0.2, 0.25) is 10.0 Å². The standard InChI is InChI=1S/C17H12Cl2F6N4O3S/c1-3-4-32-29(8(2)30)15-14(33(31)17(23,24)25)12(7-26)27-28(15)13-10(18)5-9(6-11(13)19)16(20,21)22/h5-6H,3-4H2,1-2H3. The Balaban J connectivity index is 2.98. The summed E-state index contributed by atoms with van der Waals surface area (Å²) in [6.45, 7) is 2.28. The van der Waals surface area contributed by atoms with E-state index in [0.717, 1.165) is 6.92 Å². The van der Waals surface area contributed by atoms with Crippen molar-refractivity contribution >= 4 is 45.7 Å². The Bertz CT molecular complexity index is 1120. The summed E-state index contributed by atoms with van der Waals surface area (Å²) in [4.78, 5) is 16.1. The molecule has 7 nitrogen and oxygen atoms in total. The molecular weight excluding hydrogens is 525 g/mol. The van der Waals surface area contributed by atoms with Gasteiger partial charge in [-0.25, -0.2) is 8.89 Å². The van der Waals surface area contributed by atoms with E-state index in [-0.39, 0.29) is 13.0 Å². The molecule has 0 saturated carbocycles. The second kappa shape index (κ2) is 9.88. The molecule has 1 atom stereocenters. The maximum absolute atomic E-state index is 13.3. The number of rotatable bonds is 6. The Hall–Kier alpha value is -2.34. The molecule has 0 fully saturated rings. The Kier molecular flexibility index (Phi) is 8.06. The zero-order valence-corrected chi connectivity index (χ0v) is 18.8. The number of anilines is 1.